The Balaban J connectivity index is 2.60. The van der Waals surface area contributed by atoms with Crippen LogP contribution in [0.25, 0.3) is 0 Å². The van der Waals surface area contributed by atoms with Crippen LogP contribution in [-0.4, -0.2) is 5.38 Å². The molecule has 0 heterocycles. The molecule has 0 nitrogen and oxygen atoms in total. The van der Waals surface area contributed by atoms with Crippen molar-refractivity contribution in [3.8, 4) is 0 Å². The highest BCUT2D eigenvalue weighted by molar-refractivity contribution is 6.38. The zero-order valence-electron chi connectivity index (χ0n) is 6.87. The van der Waals surface area contributed by atoms with Crippen LogP contribution in [0, 0.1) is 11.3 Å². The molecule has 0 aromatic rings. The molecule has 0 bridgehead atoms. The van der Waals surface area contributed by atoms with E-state index in [9.17, 15) is 8.78 Å². The van der Waals surface area contributed by atoms with E-state index in [4.69, 9.17) is 23.2 Å². The van der Waals surface area contributed by atoms with Gasteiger partial charge in [0.25, 0.3) is 0 Å². The van der Waals surface area contributed by atoms with Gasteiger partial charge in [-0.3, -0.25) is 0 Å². The molecule has 1 rings (SSSR count). The normalized spacial score (nSPS) is 28.8. The average Bonchev–Trinajstić information content (AvgIpc) is 2.36. The van der Waals surface area contributed by atoms with Crippen LogP contribution in [0.2, 0.25) is 0 Å². The number of halogens is 4. The Morgan fingerprint density at radius 2 is 2.00 bits per heavy atom. The standard InChI is InChI=1S/C8H10Cl2F2/c1-7(2)4-5(7)3-6(9)8(10,11)12/h3,5H,4H2,1-2H3. The van der Waals surface area contributed by atoms with Crippen molar-refractivity contribution in [3.05, 3.63) is 11.1 Å². The summed E-state index contributed by atoms with van der Waals surface area (Å²) in [7, 11) is 0. The minimum Gasteiger partial charge on any atom is -0.182 e. The minimum atomic E-state index is -3.40. The molecule has 0 aromatic heterocycles. The SMILES string of the molecule is CC1(C)CC1C=C(Cl)C(F)(F)Cl. The molecule has 12 heavy (non-hydrogen) atoms. The second kappa shape index (κ2) is 2.85. The number of alkyl halides is 3. The van der Waals surface area contributed by atoms with Crippen molar-refractivity contribution in [3.63, 3.8) is 0 Å². The van der Waals surface area contributed by atoms with Gasteiger partial charge >= 0.3 is 5.38 Å². The number of hydrogen-bond acceptors (Lipinski definition) is 0. The van der Waals surface area contributed by atoms with Crippen LogP contribution in [0.15, 0.2) is 11.1 Å². The lowest BCUT2D eigenvalue weighted by atomic mass is 10.1. The van der Waals surface area contributed by atoms with Crippen molar-refractivity contribution < 1.29 is 8.78 Å². The summed E-state index contributed by atoms with van der Waals surface area (Å²) in [5.74, 6) is 0.148. The third-order valence-corrected chi connectivity index (χ3v) is 2.87. The molecule has 1 fully saturated rings. The first kappa shape index (κ1) is 10.3. The van der Waals surface area contributed by atoms with Crippen LogP contribution < -0.4 is 0 Å². The zero-order valence-corrected chi connectivity index (χ0v) is 8.39. The molecular weight excluding hydrogens is 205 g/mol. The average molecular weight is 215 g/mol. The first-order valence-electron chi connectivity index (χ1n) is 3.68. The first-order chi connectivity index (χ1) is 5.23. The van der Waals surface area contributed by atoms with E-state index in [1.807, 2.05) is 13.8 Å². The molecule has 1 aliphatic rings. The van der Waals surface area contributed by atoms with Crippen molar-refractivity contribution in [2.24, 2.45) is 11.3 Å². The molecule has 0 amide bonds. The van der Waals surface area contributed by atoms with Crippen molar-refractivity contribution in [1.29, 1.82) is 0 Å². The molecular formula is C8H10Cl2F2. The Morgan fingerprint density at radius 1 is 1.58 bits per heavy atom. The molecule has 70 valence electrons. The molecule has 0 aromatic carbocycles. The predicted molar refractivity (Wildman–Crippen MR) is 46.6 cm³/mol. The summed E-state index contributed by atoms with van der Waals surface area (Å²) in [6, 6.07) is 0. The van der Waals surface area contributed by atoms with Gasteiger partial charge in [-0.2, -0.15) is 8.78 Å². The van der Waals surface area contributed by atoms with Crippen LogP contribution in [-0.2, 0) is 0 Å². The lowest BCUT2D eigenvalue weighted by Crippen LogP contribution is -2.05. The van der Waals surface area contributed by atoms with Crippen LogP contribution in [0.5, 0.6) is 0 Å². The van der Waals surface area contributed by atoms with E-state index < -0.39 is 10.4 Å². The minimum absolute atomic E-state index is 0.113. The van der Waals surface area contributed by atoms with E-state index >= 15 is 0 Å². The van der Waals surface area contributed by atoms with Crippen molar-refractivity contribution in [1.82, 2.24) is 0 Å². The van der Waals surface area contributed by atoms with E-state index in [-0.39, 0.29) is 11.3 Å². The summed E-state index contributed by atoms with van der Waals surface area (Å²) in [6.45, 7) is 4.01. The Bertz CT molecular complexity index is 216. The summed E-state index contributed by atoms with van der Waals surface area (Å²) in [5, 5.41) is -3.96. The predicted octanol–water partition coefficient (Wildman–Crippen LogP) is 3.99. The number of hydrogen-bond donors (Lipinski definition) is 0. The van der Waals surface area contributed by atoms with E-state index in [1.54, 1.807) is 0 Å². The highest BCUT2D eigenvalue weighted by Crippen LogP contribution is 2.54. The smallest absolute Gasteiger partial charge is 0.182 e. The molecule has 1 saturated carbocycles. The maximum absolute atomic E-state index is 12.3. The van der Waals surface area contributed by atoms with Gasteiger partial charge in [0.05, 0.1) is 5.03 Å². The fraction of sp³-hybridized carbons (Fsp3) is 0.750. The van der Waals surface area contributed by atoms with Gasteiger partial charge in [0.1, 0.15) is 0 Å². The molecule has 1 unspecified atom stereocenters. The highest BCUT2D eigenvalue weighted by Gasteiger charge is 2.45. The van der Waals surface area contributed by atoms with Gasteiger partial charge in [-0.05, 0) is 29.4 Å². The second-order valence-corrected chi connectivity index (χ2v) is 4.69. The van der Waals surface area contributed by atoms with E-state index in [0.717, 1.165) is 6.42 Å². The monoisotopic (exact) mass is 214 g/mol. The molecule has 1 aliphatic carbocycles. The van der Waals surface area contributed by atoms with Crippen molar-refractivity contribution in [2.45, 2.75) is 25.7 Å². The molecule has 4 heteroatoms. The Kier molecular flexibility index (Phi) is 2.43. The fourth-order valence-electron chi connectivity index (χ4n) is 1.06. The summed E-state index contributed by atoms with van der Waals surface area (Å²) in [6.07, 6.45) is 2.25. The Labute approximate surface area is 80.5 Å². The van der Waals surface area contributed by atoms with Gasteiger partial charge in [0.2, 0.25) is 0 Å². The van der Waals surface area contributed by atoms with E-state index in [2.05, 4.69) is 0 Å². The topological polar surface area (TPSA) is 0 Å². The van der Waals surface area contributed by atoms with Gasteiger partial charge in [-0.25, -0.2) is 0 Å². The first-order valence-corrected chi connectivity index (χ1v) is 4.43. The molecule has 1 atom stereocenters. The third kappa shape index (κ3) is 2.33. The quantitative estimate of drug-likeness (QED) is 0.611. The van der Waals surface area contributed by atoms with Gasteiger partial charge in [-0.1, -0.05) is 31.5 Å². The van der Waals surface area contributed by atoms with Crippen LogP contribution in [0.3, 0.4) is 0 Å². The van der Waals surface area contributed by atoms with Gasteiger partial charge in [-0.15, -0.1) is 0 Å². The van der Waals surface area contributed by atoms with E-state index in [0.29, 0.717) is 0 Å². The molecule has 0 N–H and O–H groups in total. The third-order valence-electron chi connectivity index (χ3n) is 2.21. The van der Waals surface area contributed by atoms with E-state index in [1.165, 1.54) is 6.08 Å². The van der Waals surface area contributed by atoms with Crippen molar-refractivity contribution in [2.75, 3.05) is 0 Å². The maximum Gasteiger partial charge on any atom is 0.358 e. The van der Waals surface area contributed by atoms with Crippen LogP contribution in [0.1, 0.15) is 20.3 Å². The molecule has 0 aliphatic heterocycles. The number of allylic oxidation sites excluding steroid dienone is 2. The summed E-state index contributed by atoms with van der Waals surface area (Å²) in [5.41, 5.74) is 0.113. The molecule has 0 spiro atoms. The largest absolute Gasteiger partial charge is 0.358 e. The highest BCUT2D eigenvalue weighted by atomic mass is 35.5. The van der Waals surface area contributed by atoms with Gasteiger partial charge in [0, 0.05) is 0 Å². The maximum atomic E-state index is 12.3. The Hall–Kier alpha value is 0.180. The van der Waals surface area contributed by atoms with Crippen LogP contribution >= 0.6 is 23.2 Å². The van der Waals surface area contributed by atoms with Crippen molar-refractivity contribution >= 4 is 23.2 Å². The summed E-state index contributed by atoms with van der Waals surface area (Å²) in [4.78, 5) is 0. The fourth-order valence-corrected chi connectivity index (χ4v) is 1.28. The van der Waals surface area contributed by atoms with Gasteiger partial charge in [0.15, 0.2) is 0 Å². The molecule has 0 saturated heterocycles. The Morgan fingerprint density at radius 3 is 2.25 bits per heavy atom. The van der Waals surface area contributed by atoms with Gasteiger partial charge < -0.3 is 0 Å². The van der Waals surface area contributed by atoms with Crippen LogP contribution in [0.4, 0.5) is 8.78 Å². The molecule has 0 radical (unpaired) electrons. The summed E-state index contributed by atoms with van der Waals surface area (Å²) >= 11 is 10.0. The number of rotatable bonds is 2. The zero-order chi connectivity index (χ0) is 9.57. The second-order valence-electron chi connectivity index (χ2n) is 3.81. The summed E-state index contributed by atoms with van der Waals surface area (Å²) < 4.78 is 24.6. The lowest BCUT2D eigenvalue weighted by molar-refractivity contribution is 0.147. The lowest BCUT2D eigenvalue weighted by Gasteiger charge is -2.05.